The molecule has 0 saturated heterocycles. The van der Waals surface area contributed by atoms with Crippen LogP contribution in [0, 0.1) is 0 Å². The summed E-state index contributed by atoms with van der Waals surface area (Å²) in [5, 5.41) is 0. The number of rotatable bonds is 5. The number of aromatic nitrogens is 1. The van der Waals surface area contributed by atoms with E-state index in [-0.39, 0.29) is 12.7 Å². The maximum Gasteiger partial charge on any atom is 0.272 e. The molecule has 0 unspecified atom stereocenters. The second-order valence-corrected chi connectivity index (χ2v) is 7.37. The molecule has 2 aromatic carbocycles. The molecule has 0 aliphatic carbocycles. The minimum Gasteiger partial charge on any atom is -0.493 e. The van der Waals surface area contributed by atoms with Crippen LogP contribution in [0.25, 0.3) is 16.3 Å². The van der Waals surface area contributed by atoms with Crippen molar-refractivity contribution in [2.45, 2.75) is 0 Å². The molecule has 0 atom stereocenters. The first kappa shape index (κ1) is 19.8. The van der Waals surface area contributed by atoms with Crippen LogP contribution in [0.3, 0.4) is 0 Å². The lowest BCUT2D eigenvalue weighted by atomic mass is 10.1. The minimum absolute atomic E-state index is 0.220. The zero-order valence-electron chi connectivity index (χ0n) is 16.9. The van der Waals surface area contributed by atoms with E-state index in [2.05, 4.69) is 4.99 Å². The Kier molecular flexibility index (Phi) is 5.37. The van der Waals surface area contributed by atoms with Crippen molar-refractivity contribution in [1.29, 1.82) is 0 Å². The highest BCUT2D eigenvalue weighted by Crippen LogP contribution is 2.38. The Hall–Kier alpha value is -3.46. The SMILES string of the molecule is COc1cc(C=CC(=O)N=c2sc3cc4c(cc3n2C)OCO4)cc(OC)c1OC. The van der Waals surface area contributed by atoms with Gasteiger partial charge in [-0.15, -0.1) is 0 Å². The molecule has 156 valence electrons. The number of amides is 1. The summed E-state index contributed by atoms with van der Waals surface area (Å²) in [5.41, 5.74) is 1.64. The summed E-state index contributed by atoms with van der Waals surface area (Å²) in [6.07, 6.45) is 3.05. The van der Waals surface area contributed by atoms with Gasteiger partial charge in [0.25, 0.3) is 5.91 Å². The number of aryl methyl sites for hydroxylation is 1. The van der Waals surface area contributed by atoms with Crippen molar-refractivity contribution in [1.82, 2.24) is 4.57 Å². The maximum absolute atomic E-state index is 12.5. The maximum atomic E-state index is 12.5. The molecular formula is C21H20N2O6S. The number of carbonyl (C=O) groups is 1. The van der Waals surface area contributed by atoms with E-state index in [4.69, 9.17) is 23.7 Å². The molecule has 8 nitrogen and oxygen atoms in total. The van der Waals surface area contributed by atoms with Gasteiger partial charge in [-0.05, 0) is 23.8 Å². The first-order chi connectivity index (χ1) is 14.5. The Morgan fingerprint density at radius 2 is 1.73 bits per heavy atom. The van der Waals surface area contributed by atoms with Crippen LogP contribution >= 0.6 is 11.3 Å². The molecule has 0 spiro atoms. The van der Waals surface area contributed by atoms with Gasteiger partial charge in [-0.2, -0.15) is 4.99 Å². The second kappa shape index (κ2) is 8.11. The Morgan fingerprint density at radius 3 is 2.37 bits per heavy atom. The third-order valence-corrected chi connectivity index (χ3v) is 5.71. The highest BCUT2D eigenvalue weighted by atomic mass is 32.1. The zero-order valence-corrected chi connectivity index (χ0v) is 17.7. The van der Waals surface area contributed by atoms with E-state index in [1.54, 1.807) is 32.4 Å². The number of fused-ring (bicyclic) bond motifs is 2. The summed E-state index contributed by atoms with van der Waals surface area (Å²) in [4.78, 5) is 17.2. The van der Waals surface area contributed by atoms with Gasteiger partial charge >= 0.3 is 0 Å². The van der Waals surface area contributed by atoms with Crippen LogP contribution in [0.5, 0.6) is 28.7 Å². The first-order valence-electron chi connectivity index (χ1n) is 9.00. The standard InChI is InChI=1S/C21H20N2O6S/c1-23-13-9-14-15(29-11-28-14)10-18(13)30-21(23)22-19(24)6-5-12-7-16(25-2)20(27-4)17(8-12)26-3/h5-10H,11H2,1-4H3. The van der Waals surface area contributed by atoms with Crippen LogP contribution in [0.15, 0.2) is 35.3 Å². The molecule has 1 aliphatic heterocycles. The average Bonchev–Trinajstić information content (AvgIpc) is 3.33. The van der Waals surface area contributed by atoms with Crippen molar-refractivity contribution in [2.75, 3.05) is 28.1 Å². The fraction of sp³-hybridized carbons (Fsp3) is 0.238. The van der Waals surface area contributed by atoms with Gasteiger partial charge in [-0.25, -0.2) is 0 Å². The van der Waals surface area contributed by atoms with Crippen LogP contribution in [0.2, 0.25) is 0 Å². The van der Waals surface area contributed by atoms with Crippen molar-refractivity contribution in [3.63, 3.8) is 0 Å². The van der Waals surface area contributed by atoms with Crippen molar-refractivity contribution in [3.05, 3.63) is 40.7 Å². The fourth-order valence-electron chi connectivity index (χ4n) is 3.12. The highest BCUT2D eigenvalue weighted by molar-refractivity contribution is 7.16. The number of nitrogens with zero attached hydrogens (tertiary/aromatic N) is 2. The summed E-state index contributed by atoms with van der Waals surface area (Å²) >= 11 is 1.41. The van der Waals surface area contributed by atoms with Crippen LogP contribution in [-0.4, -0.2) is 38.6 Å². The van der Waals surface area contributed by atoms with E-state index in [9.17, 15) is 4.79 Å². The summed E-state index contributed by atoms with van der Waals surface area (Å²) in [7, 11) is 6.48. The number of hydrogen-bond donors (Lipinski definition) is 0. The Balaban J connectivity index is 1.64. The van der Waals surface area contributed by atoms with E-state index in [0.29, 0.717) is 33.5 Å². The van der Waals surface area contributed by atoms with Crippen LogP contribution < -0.4 is 28.5 Å². The van der Waals surface area contributed by atoms with Crippen LogP contribution in [0.1, 0.15) is 5.56 Å². The molecule has 2 heterocycles. The molecule has 0 fully saturated rings. The monoisotopic (exact) mass is 428 g/mol. The van der Waals surface area contributed by atoms with Gasteiger partial charge in [-0.3, -0.25) is 4.79 Å². The molecule has 0 saturated carbocycles. The van der Waals surface area contributed by atoms with Gasteiger partial charge in [0.15, 0.2) is 27.8 Å². The Bertz CT molecular complexity index is 1200. The normalized spacial score (nSPS) is 13.3. The number of benzene rings is 2. The van der Waals surface area contributed by atoms with Crippen molar-refractivity contribution in [2.24, 2.45) is 12.0 Å². The molecule has 30 heavy (non-hydrogen) atoms. The van der Waals surface area contributed by atoms with E-state index in [1.165, 1.54) is 24.5 Å². The van der Waals surface area contributed by atoms with E-state index < -0.39 is 0 Å². The van der Waals surface area contributed by atoms with Gasteiger partial charge in [0, 0.05) is 25.3 Å². The zero-order chi connectivity index (χ0) is 21.3. The van der Waals surface area contributed by atoms with Gasteiger partial charge in [0.05, 0.1) is 31.5 Å². The van der Waals surface area contributed by atoms with Gasteiger partial charge in [-0.1, -0.05) is 11.3 Å². The molecule has 1 amide bonds. The largest absolute Gasteiger partial charge is 0.493 e. The molecule has 1 aliphatic rings. The quantitative estimate of drug-likeness (QED) is 0.581. The number of hydrogen-bond acceptors (Lipinski definition) is 7. The minimum atomic E-state index is -0.383. The lowest BCUT2D eigenvalue weighted by Gasteiger charge is -2.12. The topological polar surface area (TPSA) is 80.5 Å². The smallest absolute Gasteiger partial charge is 0.272 e. The van der Waals surface area contributed by atoms with Crippen LogP contribution in [0.4, 0.5) is 0 Å². The third kappa shape index (κ3) is 3.59. The number of ether oxygens (including phenoxy) is 5. The van der Waals surface area contributed by atoms with Gasteiger partial charge in [0.2, 0.25) is 12.5 Å². The molecule has 0 radical (unpaired) electrons. The highest BCUT2D eigenvalue weighted by Gasteiger charge is 2.17. The number of carbonyl (C=O) groups excluding carboxylic acids is 1. The summed E-state index contributed by atoms with van der Waals surface area (Å²) < 4.78 is 29.6. The van der Waals surface area contributed by atoms with Crippen molar-refractivity contribution in [3.8, 4) is 28.7 Å². The number of methoxy groups -OCH3 is 3. The van der Waals surface area contributed by atoms with E-state index >= 15 is 0 Å². The average molecular weight is 428 g/mol. The first-order valence-corrected chi connectivity index (χ1v) is 9.81. The van der Waals surface area contributed by atoms with Gasteiger partial charge in [0.1, 0.15) is 0 Å². The predicted octanol–water partition coefficient (Wildman–Crippen LogP) is 3.14. The molecule has 3 aromatic rings. The molecule has 0 bridgehead atoms. The third-order valence-electron chi connectivity index (χ3n) is 4.61. The molecule has 9 heteroatoms. The van der Waals surface area contributed by atoms with Crippen LogP contribution in [-0.2, 0) is 11.8 Å². The molecule has 0 N–H and O–H groups in total. The fourth-order valence-corrected chi connectivity index (χ4v) is 4.15. The van der Waals surface area contributed by atoms with E-state index in [1.807, 2.05) is 23.7 Å². The molecule has 1 aromatic heterocycles. The lowest BCUT2D eigenvalue weighted by molar-refractivity contribution is -0.113. The Morgan fingerprint density at radius 1 is 1.07 bits per heavy atom. The summed E-state index contributed by atoms with van der Waals surface area (Å²) in [6.45, 7) is 0.220. The van der Waals surface area contributed by atoms with Gasteiger partial charge < -0.3 is 28.3 Å². The summed E-state index contributed by atoms with van der Waals surface area (Å²) in [5.74, 6) is 2.51. The summed E-state index contributed by atoms with van der Waals surface area (Å²) in [6, 6.07) is 7.30. The van der Waals surface area contributed by atoms with Crippen molar-refractivity contribution < 1.29 is 28.5 Å². The predicted molar refractivity (Wildman–Crippen MR) is 113 cm³/mol. The Labute approximate surface area is 176 Å². The lowest BCUT2D eigenvalue weighted by Crippen LogP contribution is -2.12. The molecule has 4 rings (SSSR count). The number of thiazole rings is 1. The second-order valence-electron chi connectivity index (χ2n) is 6.36. The molecular weight excluding hydrogens is 408 g/mol. The van der Waals surface area contributed by atoms with Crippen molar-refractivity contribution >= 4 is 33.5 Å². The van der Waals surface area contributed by atoms with E-state index in [0.717, 1.165) is 15.8 Å².